The molecule has 17 heavy (non-hydrogen) atoms. The molecule has 2 rings (SSSR count). The number of aryl methyl sites for hydroxylation is 1. The Morgan fingerprint density at radius 2 is 1.71 bits per heavy atom. The Balaban J connectivity index is 2.72. The van der Waals surface area contributed by atoms with Gasteiger partial charge in [0.2, 0.25) is 0 Å². The minimum atomic E-state index is -0.440. The zero-order valence-electron chi connectivity index (χ0n) is 9.18. The van der Waals surface area contributed by atoms with Crippen LogP contribution in [0.15, 0.2) is 42.5 Å². The van der Waals surface area contributed by atoms with Crippen molar-refractivity contribution in [1.29, 1.82) is 0 Å². The molecule has 0 saturated heterocycles. The van der Waals surface area contributed by atoms with Gasteiger partial charge >= 0.3 is 0 Å². The summed E-state index contributed by atoms with van der Waals surface area (Å²) in [5.74, 6) is 0. The average molecular weight is 248 g/mol. The third-order valence-corrected chi connectivity index (χ3v) is 2.91. The van der Waals surface area contributed by atoms with Crippen LogP contribution in [0.2, 0.25) is 5.02 Å². The van der Waals surface area contributed by atoms with Crippen molar-refractivity contribution in [3.63, 3.8) is 0 Å². The third kappa shape index (κ3) is 2.15. The van der Waals surface area contributed by atoms with Crippen LogP contribution in [-0.2, 0) is 0 Å². The molecular weight excluding hydrogens is 238 g/mol. The van der Waals surface area contributed by atoms with Crippen molar-refractivity contribution in [2.75, 3.05) is 0 Å². The van der Waals surface area contributed by atoms with Crippen LogP contribution in [0.1, 0.15) is 5.56 Å². The zero-order valence-corrected chi connectivity index (χ0v) is 9.94. The zero-order chi connectivity index (χ0) is 12.4. The van der Waals surface area contributed by atoms with E-state index in [0.29, 0.717) is 5.56 Å². The van der Waals surface area contributed by atoms with Gasteiger partial charge in [-0.1, -0.05) is 41.9 Å². The van der Waals surface area contributed by atoms with Crippen LogP contribution in [0.3, 0.4) is 0 Å². The summed E-state index contributed by atoms with van der Waals surface area (Å²) in [5, 5.41) is 11.2. The summed E-state index contributed by atoms with van der Waals surface area (Å²) in [5.41, 5.74) is 2.34. The van der Waals surface area contributed by atoms with Gasteiger partial charge in [-0.25, -0.2) is 0 Å². The van der Waals surface area contributed by atoms with Crippen molar-refractivity contribution in [2.24, 2.45) is 0 Å². The van der Waals surface area contributed by atoms with Gasteiger partial charge in [-0.05, 0) is 30.2 Å². The van der Waals surface area contributed by atoms with Gasteiger partial charge in [0, 0.05) is 0 Å². The quantitative estimate of drug-likeness (QED) is 0.589. The Labute approximate surface area is 104 Å². The molecule has 0 bridgehead atoms. The largest absolute Gasteiger partial charge is 0.295 e. The van der Waals surface area contributed by atoms with Crippen LogP contribution in [0, 0.1) is 17.0 Å². The summed E-state index contributed by atoms with van der Waals surface area (Å²) < 4.78 is 0. The van der Waals surface area contributed by atoms with E-state index in [4.69, 9.17) is 11.6 Å². The van der Waals surface area contributed by atoms with Gasteiger partial charge in [-0.15, -0.1) is 0 Å². The van der Waals surface area contributed by atoms with Gasteiger partial charge in [0.25, 0.3) is 5.69 Å². The molecule has 0 amide bonds. The van der Waals surface area contributed by atoms with E-state index in [-0.39, 0.29) is 10.7 Å². The Bertz CT molecular complexity index is 581. The lowest BCUT2D eigenvalue weighted by Gasteiger charge is -2.07. The average Bonchev–Trinajstić information content (AvgIpc) is 2.28. The van der Waals surface area contributed by atoms with Gasteiger partial charge in [0.1, 0.15) is 5.02 Å². The maximum absolute atomic E-state index is 11.0. The molecule has 0 aromatic heterocycles. The standard InChI is InChI=1S/C13H10ClNO2/c1-9-5-2-3-6-10(9)11-7-4-8-12(14)13(11)15(16)17/h2-8H,1H3. The highest BCUT2D eigenvalue weighted by Gasteiger charge is 2.20. The van der Waals surface area contributed by atoms with E-state index in [1.54, 1.807) is 12.1 Å². The van der Waals surface area contributed by atoms with E-state index in [9.17, 15) is 10.1 Å². The summed E-state index contributed by atoms with van der Waals surface area (Å²) in [6, 6.07) is 12.5. The molecule has 0 atom stereocenters. The molecule has 0 aliphatic heterocycles. The number of nitro benzene ring substituents is 1. The lowest BCUT2D eigenvalue weighted by atomic mass is 9.99. The lowest BCUT2D eigenvalue weighted by Crippen LogP contribution is -1.94. The number of rotatable bonds is 2. The normalized spacial score (nSPS) is 10.2. The molecule has 0 fully saturated rings. The Morgan fingerprint density at radius 3 is 2.35 bits per heavy atom. The van der Waals surface area contributed by atoms with E-state index >= 15 is 0 Å². The van der Waals surface area contributed by atoms with Crippen molar-refractivity contribution in [3.05, 3.63) is 63.2 Å². The number of hydrogen-bond donors (Lipinski definition) is 0. The molecule has 86 valence electrons. The number of nitrogens with zero attached hydrogens (tertiary/aromatic N) is 1. The van der Waals surface area contributed by atoms with Gasteiger partial charge in [0.05, 0.1) is 10.5 Å². The fourth-order valence-electron chi connectivity index (χ4n) is 1.79. The molecule has 2 aromatic carbocycles. The maximum Gasteiger partial charge on any atom is 0.295 e. The number of nitro groups is 1. The third-order valence-electron chi connectivity index (χ3n) is 2.60. The monoisotopic (exact) mass is 247 g/mol. The number of benzene rings is 2. The fraction of sp³-hybridized carbons (Fsp3) is 0.0769. The molecule has 0 aliphatic rings. The Kier molecular flexibility index (Phi) is 3.11. The summed E-state index contributed by atoms with van der Waals surface area (Å²) in [6.45, 7) is 1.92. The van der Waals surface area contributed by atoms with Crippen molar-refractivity contribution in [3.8, 4) is 11.1 Å². The minimum absolute atomic E-state index is 0.0385. The highest BCUT2D eigenvalue weighted by Crippen LogP contribution is 2.36. The second-order valence-corrected chi connectivity index (χ2v) is 4.12. The number of halogens is 1. The summed E-state index contributed by atoms with van der Waals surface area (Å²) in [6.07, 6.45) is 0. The summed E-state index contributed by atoms with van der Waals surface area (Å²) >= 11 is 5.88. The van der Waals surface area contributed by atoms with Crippen molar-refractivity contribution >= 4 is 17.3 Å². The van der Waals surface area contributed by atoms with E-state index in [2.05, 4.69) is 0 Å². The first-order valence-corrected chi connectivity index (χ1v) is 5.48. The fourth-order valence-corrected chi connectivity index (χ4v) is 2.04. The first kappa shape index (κ1) is 11.6. The van der Waals surface area contributed by atoms with Gasteiger partial charge in [0.15, 0.2) is 0 Å². The predicted molar refractivity (Wildman–Crippen MR) is 68.3 cm³/mol. The Hall–Kier alpha value is -1.87. The molecule has 0 N–H and O–H groups in total. The van der Waals surface area contributed by atoms with E-state index < -0.39 is 4.92 Å². The van der Waals surface area contributed by atoms with Crippen molar-refractivity contribution in [2.45, 2.75) is 6.92 Å². The van der Waals surface area contributed by atoms with E-state index in [1.165, 1.54) is 6.07 Å². The second-order valence-electron chi connectivity index (χ2n) is 3.71. The molecule has 0 aliphatic carbocycles. The lowest BCUT2D eigenvalue weighted by molar-refractivity contribution is -0.384. The molecule has 0 heterocycles. The van der Waals surface area contributed by atoms with Crippen LogP contribution in [-0.4, -0.2) is 4.92 Å². The molecule has 0 unspecified atom stereocenters. The molecule has 4 heteroatoms. The molecule has 0 spiro atoms. The van der Waals surface area contributed by atoms with Crippen molar-refractivity contribution < 1.29 is 4.92 Å². The van der Waals surface area contributed by atoms with Crippen molar-refractivity contribution in [1.82, 2.24) is 0 Å². The number of hydrogen-bond acceptors (Lipinski definition) is 2. The van der Waals surface area contributed by atoms with Gasteiger partial charge < -0.3 is 0 Å². The van der Waals surface area contributed by atoms with Crippen LogP contribution in [0.25, 0.3) is 11.1 Å². The first-order chi connectivity index (χ1) is 8.11. The minimum Gasteiger partial charge on any atom is -0.258 e. The smallest absolute Gasteiger partial charge is 0.258 e. The second kappa shape index (κ2) is 4.55. The summed E-state index contributed by atoms with van der Waals surface area (Å²) in [4.78, 5) is 10.6. The van der Waals surface area contributed by atoms with Crippen LogP contribution >= 0.6 is 11.6 Å². The van der Waals surface area contributed by atoms with Gasteiger partial charge in [-0.2, -0.15) is 0 Å². The first-order valence-electron chi connectivity index (χ1n) is 5.10. The molecule has 2 aromatic rings. The molecule has 3 nitrogen and oxygen atoms in total. The highest BCUT2D eigenvalue weighted by atomic mass is 35.5. The SMILES string of the molecule is Cc1ccccc1-c1cccc(Cl)c1[N+](=O)[O-]. The molecular formula is C13H10ClNO2. The van der Waals surface area contributed by atoms with Crippen LogP contribution in [0.5, 0.6) is 0 Å². The molecule has 0 saturated carbocycles. The van der Waals surface area contributed by atoms with Crippen LogP contribution < -0.4 is 0 Å². The van der Waals surface area contributed by atoms with E-state index in [0.717, 1.165) is 11.1 Å². The molecule has 0 radical (unpaired) electrons. The Morgan fingerprint density at radius 1 is 1.06 bits per heavy atom. The van der Waals surface area contributed by atoms with E-state index in [1.807, 2.05) is 31.2 Å². The predicted octanol–water partition coefficient (Wildman–Crippen LogP) is 4.22. The van der Waals surface area contributed by atoms with Gasteiger partial charge in [-0.3, -0.25) is 10.1 Å². The summed E-state index contributed by atoms with van der Waals surface area (Å²) in [7, 11) is 0. The highest BCUT2D eigenvalue weighted by molar-refractivity contribution is 6.33. The topological polar surface area (TPSA) is 43.1 Å². The maximum atomic E-state index is 11.0. The number of para-hydroxylation sites is 1. The van der Waals surface area contributed by atoms with Crippen LogP contribution in [0.4, 0.5) is 5.69 Å².